The van der Waals surface area contributed by atoms with Crippen molar-refractivity contribution >= 4 is 20.9 Å². The Bertz CT molecular complexity index is 748. The van der Waals surface area contributed by atoms with Crippen molar-refractivity contribution in [2.75, 3.05) is 18.9 Å². The van der Waals surface area contributed by atoms with E-state index < -0.39 is 10.0 Å². The number of nitrogens with one attached hydrogen (secondary N) is 1. The van der Waals surface area contributed by atoms with Crippen LogP contribution < -0.4 is 0 Å². The first kappa shape index (κ1) is 16.5. The van der Waals surface area contributed by atoms with Gasteiger partial charge in [0.05, 0.1) is 11.9 Å². The summed E-state index contributed by atoms with van der Waals surface area (Å²) in [6, 6.07) is 8.02. The minimum Gasteiger partial charge on any atom is -0.377 e. The third-order valence-corrected chi connectivity index (χ3v) is 6.36. The van der Waals surface area contributed by atoms with Gasteiger partial charge in [-0.3, -0.25) is 0 Å². The van der Waals surface area contributed by atoms with Crippen molar-refractivity contribution < 1.29 is 13.2 Å². The normalized spacial score (nSPS) is 19.5. The minimum absolute atomic E-state index is 0.0905. The Morgan fingerprint density at radius 2 is 2.17 bits per heavy atom. The molecule has 0 spiro atoms. The van der Waals surface area contributed by atoms with E-state index >= 15 is 0 Å². The summed E-state index contributed by atoms with van der Waals surface area (Å²) in [7, 11) is -3.31. The van der Waals surface area contributed by atoms with Gasteiger partial charge in [0.15, 0.2) is 0 Å². The van der Waals surface area contributed by atoms with Crippen molar-refractivity contribution in [1.29, 1.82) is 0 Å². The first-order chi connectivity index (χ1) is 11.1. The Kier molecular flexibility index (Phi) is 5.04. The summed E-state index contributed by atoms with van der Waals surface area (Å²) >= 11 is 0. The number of fused-ring (bicyclic) bond motifs is 1. The van der Waals surface area contributed by atoms with Gasteiger partial charge < -0.3 is 9.72 Å². The highest BCUT2D eigenvalue weighted by Gasteiger charge is 2.27. The molecule has 5 nitrogen and oxygen atoms in total. The van der Waals surface area contributed by atoms with Crippen molar-refractivity contribution in [2.24, 2.45) is 0 Å². The number of benzene rings is 1. The molecule has 3 rings (SSSR count). The number of hydrogen-bond donors (Lipinski definition) is 1. The van der Waals surface area contributed by atoms with Gasteiger partial charge in [0.25, 0.3) is 0 Å². The molecule has 1 N–H and O–H groups in total. The lowest BCUT2D eigenvalue weighted by Gasteiger charge is -2.26. The van der Waals surface area contributed by atoms with Crippen LogP contribution in [0.5, 0.6) is 0 Å². The highest BCUT2D eigenvalue weighted by atomic mass is 32.2. The maximum atomic E-state index is 12.7. The van der Waals surface area contributed by atoms with Crippen LogP contribution in [0.15, 0.2) is 30.5 Å². The molecule has 2 heterocycles. The van der Waals surface area contributed by atoms with Crippen molar-refractivity contribution in [2.45, 2.75) is 38.8 Å². The fraction of sp³-hybridized carbons (Fsp3) is 0.529. The zero-order chi connectivity index (χ0) is 16.3. The number of aromatic amines is 1. The molecule has 23 heavy (non-hydrogen) atoms. The highest BCUT2D eigenvalue weighted by Crippen LogP contribution is 2.20. The van der Waals surface area contributed by atoms with Crippen molar-refractivity contribution in [1.82, 2.24) is 9.29 Å². The van der Waals surface area contributed by atoms with Gasteiger partial charge in [-0.15, -0.1) is 0 Å². The molecular formula is C17H24N2O3S. The first-order valence-electron chi connectivity index (χ1n) is 8.24. The molecule has 1 fully saturated rings. The van der Waals surface area contributed by atoms with E-state index in [1.165, 1.54) is 0 Å². The topological polar surface area (TPSA) is 62.4 Å². The van der Waals surface area contributed by atoms with Crippen LogP contribution in [0.25, 0.3) is 10.9 Å². The predicted molar refractivity (Wildman–Crippen MR) is 91.8 cm³/mol. The predicted octanol–water partition coefficient (Wildman–Crippen LogP) is 2.89. The number of nitrogens with zero attached hydrogens (tertiary/aromatic N) is 1. The van der Waals surface area contributed by atoms with E-state index in [-0.39, 0.29) is 11.9 Å². The minimum atomic E-state index is -3.31. The molecule has 0 bridgehead atoms. The third-order valence-electron chi connectivity index (χ3n) is 4.39. The van der Waals surface area contributed by atoms with Gasteiger partial charge in [0.1, 0.15) is 0 Å². The first-order valence-corrected chi connectivity index (χ1v) is 9.85. The summed E-state index contributed by atoms with van der Waals surface area (Å²) in [6.07, 6.45) is 4.66. The molecular weight excluding hydrogens is 312 g/mol. The maximum absolute atomic E-state index is 12.7. The Hall–Kier alpha value is -1.37. The maximum Gasteiger partial charge on any atom is 0.216 e. The Morgan fingerprint density at radius 1 is 1.30 bits per heavy atom. The van der Waals surface area contributed by atoms with Gasteiger partial charge in [0.2, 0.25) is 10.0 Å². The van der Waals surface area contributed by atoms with Crippen LogP contribution in [0.4, 0.5) is 0 Å². The second kappa shape index (κ2) is 7.03. The summed E-state index contributed by atoms with van der Waals surface area (Å²) in [5.41, 5.74) is 2.07. The van der Waals surface area contributed by atoms with E-state index in [4.69, 9.17) is 4.74 Å². The summed E-state index contributed by atoms with van der Waals surface area (Å²) in [5, 5.41) is 1.10. The Balaban J connectivity index is 1.72. The molecule has 2 aromatic rings. The van der Waals surface area contributed by atoms with Crippen LogP contribution in [-0.2, 0) is 21.3 Å². The molecule has 1 atom stereocenters. The van der Waals surface area contributed by atoms with Gasteiger partial charge in [-0.25, -0.2) is 8.42 Å². The quantitative estimate of drug-likeness (QED) is 0.882. The second-order valence-corrected chi connectivity index (χ2v) is 8.11. The van der Waals surface area contributed by atoms with E-state index in [1.54, 1.807) is 4.31 Å². The van der Waals surface area contributed by atoms with Crippen LogP contribution >= 0.6 is 0 Å². The molecule has 6 heteroatoms. The van der Waals surface area contributed by atoms with E-state index in [1.807, 2.05) is 37.4 Å². The van der Waals surface area contributed by atoms with Crippen LogP contribution in [0.2, 0.25) is 0 Å². The zero-order valence-electron chi connectivity index (χ0n) is 13.5. The monoisotopic (exact) mass is 336 g/mol. The van der Waals surface area contributed by atoms with Gasteiger partial charge in [-0.05, 0) is 48.4 Å². The van der Waals surface area contributed by atoms with Gasteiger partial charge in [0, 0.05) is 31.4 Å². The summed E-state index contributed by atoms with van der Waals surface area (Å²) in [6.45, 7) is 3.44. The van der Waals surface area contributed by atoms with Crippen molar-refractivity contribution in [3.8, 4) is 0 Å². The van der Waals surface area contributed by atoms with E-state index in [2.05, 4.69) is 4.98 Å². The van der Waals surface area contributed by atoms with Crippen LogP contribution in [0.3, 0.4) is 0 Å². The Labute approximate surface area is 137 Å². The van der Waals surface area contributed by atoms with E-state index in [0.29, 0.717) is 19.7 Å². The molecule has 1 aromatic heterocycles. The van der Waals surface area contributed by atoms with Gasteiger partial charge in [-0.1, -0.05) is 13.0 Å². The number of sulfonamides is 1. The lowest BCUT2D eigenvalue weighted by atomic mass is 10.1. The number of hydrogen-bond acceptors (Lipinski definition) is 3. The molecule has 0 aliphatic carbocycles. The number of ether oxygens (including phenoxy) is 1. The third kappa shape index (κ3) is 3.94. The highest BCUT2D eigenvalue weighted by molar-refractivity contribution is 7.89. The fourth-order valence-corrected chi connectivity index (χ4v) is 4.77. The van der Waals surface area contributed by atoms with Gasteiger partial charge in [-0.2, -0.15) is 4.31 Å². The molecule has 126 valence electrons. The Morgan fingerprint density at radius 3 is 2.91 bits per heavy atom. The zero-order valence-corrected chi connectivity index (χ0v) is 14.3. The van der Waals surface area contributed by atoms with Crippen LogP contribution in [0, 0.1) is 0 Å². The van der Waals surface area contributed by atoms with Crippen LogP contribution in [-0.4, -0.2) is 42.7 Å². The molecule has 1 aliphatic heterocycles. The molecule has 0 saturated carbocycles. The molecule has 1 aliphatic rings. The number of rotatable bonds is 6. The number of H-pyrrole nitrogens is 1. The fourth-order valence-electron chi connectivity index (χ4n) is 3.09. The average molecular weight is 336 g/mol. The summed E-state index contributed by atoms with van der Waals surface area (Å²) in [5.74, 6) is 0.0905. The lowest BCUT2D eigenvalue weighted by molar-refractivity contribution is 0.0298. The number of aromatic nitrogens is 1. The summed E-state index contributed by atoms with van der Waals surface area (Å²) in [4.78, 5) is 3.15. The standard InChI is InChI=1S/C17H24N2O3S/c1-2-19(23(20,21)13-16-5-3-4-10-22-16)12-14-6-7-17-15(11-14)8-9-18-17/h6-9,11,16,18H,2-5,10,12-13H2,1H3/t16-/m1/s1. The van der Waals surface area contributed by atoms with E-state index in [9.17, 15) is 8.42 Å². The largest absolute Gasteiger partial charge is 0.377 e. The lowest BCUT2D eigenvalue weighted by Crippen LogP contribution is -2.38. The second-order valence-electron chi connectivity index (χ2n) is 6.09. The van der Waals surface area contributed by atoms with Crippen molar-refractivity contribution in [3.63, 3.8) is 0 Å². The van der Waals surface area contributed by atoms with Gasteiger partial charge >= 0.3 is 0 Å². The van der Waals surface area contributed by atoms with Crippen molar-refractivity contribution in [3.05, 3.63) is 36.0 Å². The average Bonchev–Trinajstić information content (AvgIpc) is 3.00. The molecule has 1 aromatic carbocycles. The molecule has 1 saturated heterocycles. The summed E-state index contributed by atoms with van der Waals surface area (Å²) < 4.78 is 32.5. The molecule has 0 amide bonds. The van der Waals surface area contributed by atoms with E-state index in [0.717, 1.165) is 35.7 Å². The van der Waals surface area contributed by atoms with Crippen LogP contribution in [0.1, 0.15) is 31.7 Å². The SMILES string of the molecule is CCN(Cc1ccc2[nH]ccc2c1)S(=O)(=O)C[C@H]1CCCCO1. The smallest absolute Gasteiger partial charge is 0.216 e. The molecule has 0 unspecified atom stereocenters. The molecule has 0 radical (unpaired) electrons.